The first-order valence-corrected chi connectivity index (χ1v) is 10.5. The summed E-state index contributed by atoms with van der Waals surface area (Å²) in [5.41, 5.74) is 1.92. The molecule has 1 saturated heterocycles. The molecule has 0 saturated carbocycles. The second-order valence-corrected chi connectivity index (χ2v) is 7.95. The van der Waals surface area contributed by atoms with Gasteiger partial charge < -0.3 is 14.8 Å². The van der Waals surface area contributed by atoms with Crippen LogP contribution >= 0.6 is 11.6 Å². The van der Waals surface area contributed by atoms with Crippen molar-refractivity contribution in [1.82, 2.24) is 5.32 Å². The van der Waals surface area contributed by atoms with E-state index >= 15 is 0 Å². The maximum atomic E-state index is 14.2. The monoisotopic (exact) mass is 425 g/mol. The molecule has 1 N–H and O–H groups in total. The van der Waals surface area contributed by atoms with Crippen LogP contribution in [0, 0.1) is 5.82 Å². The molecule has 4 rings (SSSR count). The summed E-state index contributed by atoms with van der Waals surface area (Å²) in [6, 6.07) is 24.5. The van der Waals surface area contributed by atoms with Crippen LogP contribution in [-0.4, -0.2) is 19.2 Å². The highest BCUT2D eigenvalue weighted by Crippen LogP contribution is 2.38. The average Bonchev–Trinajstić information content (AvgIpc) is 2.79. The number of halogens is 2. The summed E-state index contributed by atoms with van der Waals surface area (Å²) in [5, 5.41) is 4.08. The highest BCUT2D eigenvalue weighted by atomic mass is 35.5. The molecule has 3 aromatic rings. The fourth-order valence-electron chi connectivity index (χ4n) is 3.93. The quantitative estimate of drug-likeness (QED) is 0.544. The maximum Gasteiger partial charge on any atom is 0.128 e. The summed E-state index contributed by atoms with van der Waals surface area (Å²) in [6.45, 7) is 2.07. The fourth-order valence-corrected chi connectivity index (χ4v) is 4.06. The van der Waals surface area contributed by atoms with E-state index in [0.717, 1.165) is 17.7 Å². The van der Waals surface area contributed by atoms with Gasteiger partial charge in [0.25, 0.3) is 0 Å². The average molecular weight is 426 g/mol. The minimum absolute atomic E-state index is 0.167. The third-order valence-corrected chi connectivity index (χ3v) is 5.84. The predicted molar refractivity (Wildman–Crippen MR) is 117 cm³/mol. The molecule has 0 bridgehead atoms. The van der Waals surface area contributed by atoms with E-state index < -0.39 is 5.60 Å². The molecule has 0 unspecified atom stereocenters. The number of nitrogens with one attached hydrogen (secondary N) is 1. The number of hydrogen-bond donors (Lipinski definition) is 1. The Bertz CT molecular complexity index is 951. The van der Waals surface area contributed by atoms with Crippen molar-refractivity contribution < 1.29 is 13.9 Å². The van der Waals surface area contributed by atoms with E-state index in [-0.39, 0.29) is 18.5 Å². The van der Waals surface area contributed by atoms with Gasteiger partial charge in [-0.1, -0.05) is 72.3 Å². The normalized spacial score (nSPS) is 21.5. The smallest absolute Gasteiger partial charge is 0.128 e. The van der Waals surface area contributed by atoms with Crippen LogP contribution in [0.1, 0.15) is 23.1 Å². The van der Waals surface area contributed by atoms with Gasteiger partial charge >= 0.3 is 0 Å². The molecule has 2 atom stereocenters. The topological polar surface area (TPSA) is 30.5 Å². The van der Waals surface area contributed by atoms with Crippen LogP contribution in [0.4, 0.5) is 4.39 Å². The fraction of sp³-hybridized carbons (Fsp3) is 0.280. The minimum Gasteiger partial charge on any atom is -0.369 e. The Morgan fingerprint density at radius 1 is 0.933 bits per heavy atom. The van der Waals surface area contributed by atoms with Gasteiger partial charge in [0.05, 0.1) is 13.2 Å². The van der Waals surface area contributed by atoms with Crippen molar-refractivity contribution >= 4 is 11.6 Å². The molecule has 0 spiro atoms. The Hall–Kier alpha value is -2.24. The van der Waals surface area contributed by atoms with E-state index in [1.54, 1.807) is 12.1 Å². The molecule has 0 amide bonds. The summed E-state index contributed by atoms with van der Waals surface area (Å²) in [7, 11) is 0. The van der Waals surface area contributed by atoms with Gasteiger partial charge in [-0.05, 0) is 42.3 Å². The minimum atomic E-state index is -0.701. The number of hydrogen-bond acceptors (Lipinski definition) is 3. The third kappa shape index (κ3) is 4.73. The SMILES string of the molecule is Fc1ccccc1CO[C@]1(c2ccc(Cl)cc2)CCNC[C@@H]1OCc1ccccc1. The van der Waals surface area contributed by atoms with Crippen molar-refractivity contribution in [3.8, 4) is 0 Å². The Morgan fingerprint density at radius 3 is 2.43 bits per heavy atom. The molecular formula is C25H25ClFNO2. The first-order valence-electron chi connectivity index (χ1n) is 10.2. The molecular weight excluding hydrogens is 401 g/mol. The first kappa shape index (κ1) is 21.0. The van der Waals surface area contributed by atoms with Crippen LogP contribution in [-0.2, 0) is 28.3 Å². The number of benzene rings is 3. The van der Waals surface area contributed by atoms with E-state index in [1.165, 1.54) is 6.07 Å². The number of ether oxygens (including phenoxy) is 2. The lowest BCUT2D eigenvalue weighted by atomic mass is 9.82. The zero-order chi connectivity index (χ0) is 20.8. The molecule has 1 aliphatic heterocycles. The predicted octanol–water partition coefficient (Wildman–Crippen LogP) is 5.47. The number of piperidine rings is 1. The molecule has 1 aliphatic rings. The van der Waals surface area contributed by atoms with E-state index in [1.807, 2.05) is 60.7 Å². The van der Waals surface area contributed by atoms with Crippen LogP contribution in [0.3, 0.4) is 0 Å². The second-order valence-electron chi connectivity index (χ2n) is 7.52. The van der Waals surface area contributed by atoms with Crippen molar-refractivity contribution in [2.24, 2.45) is 0 Å². The third-order valence-electron chi connectivity index (χ3n) is 5.59. The lowest BCUT2D eigenvalue weighted by Gasteiger charge is -2.44. The van der Waals surface area contributed by atoms with Crippen LogP contribution in [0.5, 0.6) is 0 Å². The van der Waals surface area contributed by atoms with Crippen molar-refractivity contribution in [3.05, 3.63) is 106 Å². The highest BCUT2D eigenvalue weighted by Gasteiger charge is 2.44. The van der Waals surface area contributed by atoms with Gasteiger partial charge in [0, 0.05) is 17.1 Å². The summed E-state index contributed by atoms with van der Waals surface area (Å²) >= 11 is 6.13. The maximum absolute atomic E-state index is 14.2. The molecule has 3 aromatic carbocycles. The van der Waals surface area contributed by atoms with E-state index in [9.17, 15) is 4.39 Å². The van der Waals surface area contributed by atoms with Gasteiger partial charge in [0.2, 0.25) is 0 Å². The molecule has 30 heavy (non-hydrogen) atoms. The summed E-state index contributed by atoms with van der Waals surface area (Å²) in [6.07, 6.45) is 0.474. The largest absolute Gasteiger partial charge is 0.369 e. The Morgan fingerprint density at radius 2 is 1.67 bits per heavy atom. The molecule has 5 heteroatoms. The van der Waals surface area contributed by atoms with Gasteiger partial charge in [0.15, 0.2) is 0 Å². The van der Waals surface area contributed by atoms with Crippen molar-refractivity contribution in [3.63, 3.8) is 0 Å². The van der Waals surface area contributed by atoms with Crippen LogP contribution in [0.25, 0.3) is 0 Å². The van der Waals surface area contributed by atoms with Crippen LogP contribution in [0.15, 0.2) is 78.9 Å². The second kappa shape index (κ2) is 9.71. The molecule has 0 radical (unpaired) electrons. The molecule has 1 heterocycles. The lowest BCUT2D eigenvalue weighted by Crippen LogP contribution is -2.54. The van der Waals surface area contributed by atoms with Crippen LogP contribution in [0.2, 0.25) is 5.02 Å². The van der Waals surface area contributed by atoms with Gasteiger partial charge in [-0.3, -0.25) is 0 Å². The zero-order valence-electron chi connectivity index (χ0n) is 16.7. The zero-order valence-corrected chi connectivity index (χ0v) is 17.4. The summed E-state index contributed by atoms with van der Waals surface area (Å²) in [5.74, 6) is -0.264. The Balaban J connectivity index is 1.63. The lowest BCUT2D eigenvalue weighted by molar-refractivity contribution is -0.176. The van der Waals surface area contributed by atoms with Gasteiger partial charge in [0.1, 0.15) is 17.5 Å². The molecule has 1 fully saturated rings. The Labute approximate surface area is 181 Å². The van der Waals surface area contributed by atoms with Crippen molar-refractivity contribution in [1.29, 1.82) is 0 Å². The van der Waals surface area contributed by atoms with Gasteiger partial charge in [-0.2, -0.15) is 0 Å². The van der Waals surface area contributed by atoms with Gasteiger partial charge in [-0.15, -0.1) is 0 Å². The van der Waals surface area contributed by atoms with Crippen molar-refractivity contribution in [2.75, 3.05) is 13.1 Å². The van der Waals surface area contributed by atoms with Crippen molar-refractivity contribution in [2.45, 2.75) is 31.3 Å². The van der Waals surface area contributed by atoms with Gasteiger partial charge in [-0.25, -0.2) is 4.39 Å². The Kier molecular flexibility index (Phi) is 6.80. The summed E-state index contributed by atoms with van der Waals surface area (Å²) in [4.78, 5) is 0. The standard InChI is InChI=1S/C25H25ClFNO2/c26-22-12-10-21(11-13-22)25(30-18-20-8-4-5-9-23(20)27)14-15-28-16-24(25)29-17-19-6-2-1-3-7-19/h1-13,24,28H,14-18H2/t24-,25-/m0/s1. The first-order chi connectivity index (χ1) is 14.7. The highest BCUT2D eigenvalue weighted by molar-refractivity contribution is 6.30. The molecule has 3 nitrogen and oxygen atoms in total. The van der Waals surface area contributed by atoms with E-state index in [4.69, 9.17) is 21.1 Å². The van der Waals surface area contributed by atoms with E-state index in [2.05, 4.69) is 5.32 Å². The molecule has 156 valence electrons. The van der Waals surface area contributed by atoms with E-state index in [0.29, 0.717) is 30.2 Å². The number of rotatable bonds is 7. The van der Waals surface area contributed by atoms with Crippen LogP contribution < -0.4 is 5.32 Å². The molecule has 0 aromatic heterocycles. The summed E-state index contributed by atoms with van der Waals surface area (Å²) < 4.78 is 27.1. The molecule has 0 aliphatic carbocycles.